The van der Waals surface area contributed by atoms with Crippen LogP contribution >= 0.6 is 0 Å². The molecule has 0 aliphatic heterocycles. The number of esters is 1. The second kappa shape index (κ2) is 18.4. The number of ether oxygens (including phenoxy) is 4. The second-order valence-corrected chi connectivity index (χ2v) is 5.31. The fourth-order valence-corrected chi connectivity index (χ4v) is 1.92. The first-order valence-electron chi connectivity index (χ1n) is 8.61. The van der Waals surface area contributed by atoms with Crippen molar-refractivity contribution >= 4 is 5.97 Å². The summed E-state index contributed by atoms with van der Waals surface area (Å²) in [5, 5.41) is 0. The minimum atomic E-state index is -0.117. The molecule has 0 aromatic heterocycles. The van der Waals surface area contributed by atoms with Crippen LogP contribution in [0.2, 0.25) is 0 Å². The zero-order valence-electron chi connectivity index (χ0n) is 14.4. The van der Waals surface area contributed by atoms with Crippen molar-refractivity contribution < 1.29 is 23.7 Å². The van der Waals surface area contributed by atoms with Gasteiger partial charge in [-0.25, -0.2) is 0 Å². The van der Waals surface area contributed by atoms with Gasteiger partial charge in [0, 0.05) is 20.1 Å². The van der Waals surface area contributed by atoms with Crippen molar-refractivity contribution in [3.63, 3.8) is 0 Å². The van der Waals surface area contributed by atoms with Gasteiger partial charge in [-0.3, -0.25) is 4.79 Å². The van der Waals surface area contributed by atoms with E-state index >= 15 is 0 Å². The summed E-state index contributed by atoms with van der Waals surface area (Å²) in [6.45, 7) is 5.64. The minimum absolute atomic E-state index is 0.117. The molecule has 0 radical (unpaired) electrons. The van der Waals surface area contributed by atoms with Crippen LogP contribution in [0.15, 0.2) is 0 Å². The van der Waals surface area contributed by atoms with Crippen LogP contribution in [0.5, 0.6) is 0 Å². The summed E-state index contributed by atoms with van der Waals surface area (Å²) in [5.41, 5.74) is 0. The molecule has 0 spiro atoms. The van der Waals surface area contributed by atoms with Gasteiger partial charge in [-0.2, -0.15) is 0 Å². The SMILES string of the molecule is CCCCCCCCOC(=O)CCCOCCOCCOC. The van der Waals surface area contributed by atoms with Crippen LogP contribution in [0.4, 0.5) is 0 Å². The van der Waals surface area contributed by atoms with E-state index in [4.69, 9.17) is 18.9 Å². The molecule has 0 aliphatic rings. The highest BCUT2D eigenvalue weighted by Crippen LogP contribution is 2.05. The monoisotopic (exact) mass is 318 g/mol. The van der Waals surface area contributed by atoms with Crippen molar-refractivity contribution in [3.8, 4) is 0 Å². The Bertz CT molecular complexity index is 233. The molecular formula is C17H34O5. The molecule has 0 atom stereocenters. The Balaban J connectivity index is 3.13. The molecule has 0 aliphatic carbocycles. The average molecular weight is 318 g/mol. The normalized spacial score (nSPS) is 10.8. The van der Waals surface area contributed by atoms with E-state index in [0.29, 0.717) is 52.5 Å². The molecule has 0 fully saturated rings. The lowest BCUT2D eigenvalue weighted by atomic mass is 10.1. The highest BCUT2D eigenvalue weighted by Gasteiger charge is 2.02. The van der Waals surface area contributed by atoms with E-state index < -0.39 is 0 Å². The smallest absolute Gasteiger partial charge is 0.305 e. The molecule has 0 heterocycles. The molecule has 0 saturated heterocycles. The van der Waals surface area contributed by atoms with E-state index in [1.54, 1.807) is 7.11 Å². The average Bonchev–Trinajstić information content (AvgIpc) is 2.52. The number of carbonyl (C=O) groups is 1. The van der Waals surface area contributed by atoms with Gasteiger partial charge in [0.2, 0.25) is 0 Å². The zero-order valence-corrected chi connectivity index (χ0v) is 14.4. The Morgan fingerprint density at radius 2 is 1.36 bits per heavy atom. The molecule has 132 valence electrons. The Labute approximate surface area is 135 Å². The number of carbonyl (C=O) groups excluding carboxylic acids is 1. The van der Waals surface area contributed by atoms with Gasteiger partial charge in [0.15, 0.2) is 0 Å². The van der Waals surface area contributed by atoms with E-state index in [1.807, 2.05) is 0 Å². The molecule has 5 heteroatoms. The van der Waals surface area contributed by atoms with Crippen molar-refractivity contribution in [2.75, 3.05) is 46.8 Å². The summed E-state index contributed by atoms with van der Waals surface area (Å²) in [5.74, 6) is -0.117. The largest absolute Gasteiger partial charge is 0.466 e. The first kappa shape index (κ1) is 21.4. The zero-order chi connectivity index (χ0) is 16.3. The fourth-order valence-electron chi connectivity index (χ4n) is 1.92. The maximum Gasteiger partial charge on any atom is 0.305 e. The first-order valence-corrected chi connectivity index (χ1v) is 8.61. The van der Waals surface area contributed by atoms with Gasteiger partial charge in [0.05, 0.1) is 33.0 Å². The van der Waals surface area contributed by atoms with E-state index in [0.717, 1.165) is 12.8 Å². The predicted octanol–water partition coefficient (Wildman–Crippen LogP) is 3.35. The van der Waals surface area contributed by atoms with E-state index in [1.165, 1.54) is 25.7 Å². The Kier molecular flexibility index (Phi) is 17.9. The first-order chi connectivity index (χ1) is 10.8. The van der Waals surface area contributed by atoms with Gasteiger partial charge >= 0.3 is 5.97 Å². The summed E-state index contributed by atoms with van der Waals surface area (Å²) in [6, 6.07) is 0. The lowest BCUT2D eigenvalue weighted by molar-refractivity contribution is -0.144. The molecule has 0 bridgehead atoms. The number of rotatable bonds is 17. The van der Waals surface area contributed by atoms with Crippen LogP contribution in [-0.2, 0) is 23.7 Å². The third-order valence-corrected chi connectivity index (χ3v) is 3.23. The van der Waals surface area contributed by atoms with Gasteiger partial charge in [-0.05, 0) is 12.8 Å². The molecule has 0 unspecified atom stereocenters. The Morgan fingerprint density at radius 3 is 2.09 bits per heavy atom. The molecular weight excluding hydrogens is 284 g/mol. The van der Waals surface area contributed by atoms with E-state index in [9.17, 15) is 4.79 Å². The van der Waals surface area contributed by atoms with Gasteiger partial charge in [-0.15, -0.1) is 0 Å². The van der Waals surface area contributed by atoms with Gasteiger partial charge in [0.1, 0.15) is 0 Å². The summed E-state index contributed by atoms with van der Waals surface area (Å²) < 4.78 is 20.7. The predicted molar refractivity (Wildman–Crippen MR) is 87.1 cm³/mol. The molecule has 0 amide bonds. The van der Waals surface area contributed by atoms with Crippen molar-refractivity contribution in [2.45, 2.75) is 58.3 Å². The van der Waals surface area contributed by atoms with E-state index in [2.05, 4.69) is 6.92 Å². The Morgan fingerprint density at radius 1 is 0.727 bits per heavy atom. The maximum atomic E-state index is 11.5. The Hall–Kier alpha value is -0.650. The molecule has 5 nitrogen and oxygen atoms in total. The highest BCUT2D eigenvalue weighted by atomic mass is 16.5. The van der Waals surface area contributed by atoms with Crippen molar-refractivity contribution in [2.24, 2.45) is 0 Å². The van der Waals surface area contributed by atoms with Gasteiger partial charge < -0.3 is 18.9 Å². The summed E-state index contributed by atoms with van der Waals surface area (Å²) in [4.78, 5) is 11.5. The van der Waals surface area contributed by atoms with Gasteiger partial charge in [0.25, 0.3) is 0 Å². The number of methoxy groups -OCH3 is 1. The molecule has 0 N–H and O–H groups in total. The second-order valence-electron chi connectivity index (χ2n) is 5.31. The fraction of sp³-hybridized carbons (Fsp3) is 0.941. The summed E-state index contributed by atoms with van der Waals surface area (Å²) in [6.07, 6.45) is 8.36. The quantitative estimate of drug-likeness (QED) is 0.304. The lowest BCUT2D eigenvalue weighted by Crippen LogP contribution is -2.10. The highest BCUT2D eigenvalue weighted by molar-refractivity contribution is 5.69. The molecule has 22 heavy (non-hydrogen) atoms. The number of hydrogen-bond donors (Lipinski definition) is 0. The summed E-state index contributed by atoms with van der Waals surface area (Å²) in [7, 11) is 1.64. The van der Waals surface area contributed by atoms with Crippen LogP contribution in [-0.4, -0.2) is 52.7 Å². The van der Waals surface area contributed by atoms with Crippen LogP contribution in [0.1, 0.15) is 58.3 Å². The van der Waals surface area contributed by atoms with E-state index in [-0.39, 0.29) is 5.97 Å². The topological polar surface area (TPSA) is 54.0 Å². The molecule has 0 aromatic carbocycles. The number of unbranched alkanes of at least 4 members (excludes halogenated alkanes) is 5. The molecule has 0 rings (SSSR count). The van der Waals surface area contributed by atoms with Crippen LogP contribution in [0, 0.1) is 0 Å². The third-order valence-electron chi connectivity index (χ3n) is 3.23. The molecule has 0 saturated carbocycles. The number of hydrogen-bond acceptors (Lipinski definition) is 5. The minimum Gasteiger partial charge on any atom is -0.466 e. The van der Waals surface area contributed by atoms with Crippen LogP contribution in [0.3, 0.4) is 0 Å². The maximum absolute atomic E-state index is 11.5. The summed E-state index contributed by atoms with van der Waals surface area (Å²) >= 11 is 0. The molecule has 0 aromatic rings. The van der Waals surface area contributed by atoms with Crippen molar-refractivity contribution in [3.05, 3.63) is 0 Å². The van der Waals surface area contributed by atoms with Crippen molar-refractivity contribution in [1.82, 2.24) is 0 Å². The lowest BCUT2D eigenvalue weighted by Gasteiger charge is -2.06. The van der Waals surface area contributed by atoms with Crippen LogP contribution in [0.25, 0.3) is 0 Å². The standard InChI is InChI=1S/C17H34O5/c1-3-4-5-6-7-8-12-22-17(18)10-9-11-20-15-16-21-14-13-19-2/h3-16H2,1-2H3. The van der Waals surface area contributed by atoms with Crippen LogP contribution < -0.4 is 0 Å². The van der Waals surface area contributed by atoms with Gasteiger partial charge in [-0.1, -0.05) is 39.0 Å². The third kappa shape index (κ3) is 17.4. The van der Waals surface area contributed by atoms with Crippen molar-refractivity contribution in [1.29, 1.82) is 0 Å².